The molecule has 6 nitrogen and oxygen atoms in total. The zero-order valence-electron chi connectivity index (χ0n) is 13.2. The molecule has 24 heavy (non-hydrogen) atoms. The van der Waals surface area contributed by atoms with E-state index in [4.69, 9.17) is 0 Å². The molecule has 2 heterocycles. The van der Waals surface area contributed by atoms with E-state index in [1.165, 1.54) is 22.5 Å². The summed E-state index contributed by atoms with van der Waals surface area (Å²) in [7, 11) is -3.73. The molecule has 2 fully saturated rings. The van der Waals surface area contributed by atoms with Crippen LogP contribution in [0.2, 0.25) is 0 Å². The largest absolute Gasteiger partial charge is 0.336 e. The first-order valence-electron chi connectivity index (χ1n) is 7.74. The van der Waals surface area contributed by atoms with Gasteiger partial charge in [-0.3, -0.25) is 4.79 Å². The van der Waals surface area contributed by atoms with Crippen LogP contribution in [-0.2, 0) is 14.8 Å². The van der Waals surface area contributed by atoms with Crippen LogP contribution in [0, 0.1) is 5.82 Å². The Kier molecular flexibility index (Phi) is 6.19. The summed E-state index contributed by atoms with van der Waals surface area (Å²) in [6, 6.07) is 4.94. The number of piperazine rings is 1. The molecule has 1 aromatic carbocycles. The summed E-state index contributed by atoms with van der Waals surface area (Å²) >= 11 is 0. The SMILES string of the molecule is Cl.O=C1CNCCN1C1CCCN(S(=O)(=O)c2cccc(F)c2)C1. The summed E-state index contributed by atoms with van der Waals surface area (Å²) in [4.78, 5) is 13.7. The molecule has 0 spiro atoms. The number of hydrogen-bond donors (Lipinski definition) is 1. The van der Waals surface area contributed by atoms with Crippen LogP contribution in [0.4, 0.5) is 4.39 Å². The molecule has 0 aromatic heterocycles. The standard InChI is InChI=1S/C15H20FN3O3S.ClH/c16-12-3-1-5-14(9-12)23(21,22)18-7-2-4-13(11-18)19-8-6-17-10-15(19)20;/h1,3,5,9,13,17H,2,4,6-8,10-11H2;1H. The van der Waals surface area contributed by atoms with Gasteiger partial charge in [0, 0.05) is 32.2 Å². The van der Waals surface area contributed by atoms with E-state index in [9.17, 15) is 17.6 Å². The average Bonchev–Trinajstić information content (AvgIpc) is 2.55. The smallest absolute Gasteiger partial charge is 0.243 e. The fraction of sp³-hybridized carbons (Fsp3) is 0.533. The normalized spacial score (nSPS) is 23.0. The van der Waals surface area contributed by atoms with Gasteiger partial charge in [-0.05, 0) is 31.0 Å². The topological polar surface area (TPSA) is 69.7 Å². The molecule has 9 heteroatoms. The van der Waals surface area contributed by atoms with Crippen molar-refractivity contribution in [2.75, 3.05) is 32.7 Å². The highest BCUT2D eigenvalue weighted by Gasteiger charge is 2.35. The fourth-order valence-electron chi connectivity index (χ4n) is 3.18. The maximum Gasteiger partial charge on any atom is 0.243 e. The van der Waals surface area contributed by atoms with Crippen LogP contribution in [0.15, 0.2) is 29.2 Å². The molecule has 2 saturated heterocycles. The van der Waals surface area contributed by atoms with E-state index in [-0.39, 0.29) is 35.8 Å². The van der Waals surface area contributed by atoms with Gasteiger partial charge in [0.1, 0.15) is 5.82 Å². The van der Waals surface area contributed by atoms with Crippen molar-refractivity contribution in [3.63, 3.8) is 0 Å². The number of nitrogens with zero attached hydrogens (tertiary/aromatic N) is 2. The zero-order valence-corrected chi connectivity index (χ0v) is 14.8. The van der Waals surface area contributed by atoms with Crippen molar-refractivity contribution in [1.82, 2.24) is 14.5 Å². The van der Waals surface area contributed by atoms with Gasteiger partial charge >= 0.3 is 0 Å². The number of carbonyl (C=O) groups is 1. The van der Waals surface area contributed by atoms with Gasteiger partial charge in [-0.1, -0.05) is 6.07 Å². The highest BCUT2D eigenvalue weighted by molar-refractivity contribution is 7.89. The van der Waals surface area contributed by atoms with Gasteiger partial charge in [-0.15, -0.1) is 12.4 Å². The lowest BCUT2D eigenvalue weighted by Gasteiger charge is -2.40. The number of nitrogens with one attached hydrogen (secondary N) is 1. The Morgan fingerprint density at radius 1 is 1.25 bits per heavy atom. The van der Waals surface area contributed by atoms with Gasteiger partial charge in [-0.2, -0.15) is 4.31 Å². The van der Waals surface area contributed by atoms with Gasteiger partial charge < -0.3 is 10.2 Å². The quantitative estimate of drug-likeness (QED) is 0.847. The minimum absolute atomic E-state index is 0. The molecule has 2 aliphatic rings. The van der Waals surface area contributed by atoms with Gasteiger partial charge in [0.25, 0.3) is 0 Å². The lowest BCUT2D eigenvalue weighted by atomic mass is 10.1. The van der Waals surface area contributed by atoms with Crippen molar-refractivity contribution >= 4 is 28.3 Å². The second kappa shape index (κ2) is 7.77. The molecule has 0 saturated carbocycles. The van der Waals surface area contributed by atoms with Crippen molar-refractivity contribution in [1.29, 1.82) is 0 Å². The number of piperidine rings is 1. The van der Waals surface area contributed by atoms with Crippen LogP contribution in [0.25, 0.3) is 0 Å². The second-order valence-corrected chi connectivity index (χ2v) is 7.82. The summed E-state index contributed by atoms with van der Waals surface area (Å²) < 4.78 is 40.1. The van der Waals surface area contributed by atoms with Crippen molar-refractivity contribution in [3.05, 3.63) is 30.1 Å². The summed E-state index contributed by atoms with van der Waals surface area (Å²) in [6.07, 6.45) is 1.48. The molecular formula is C15H21ClFN3O3S. The summed E-state index contributed by atoms with van der Waals surface area (Å²) in [5.74, 6) is -0.567. The minimum atomic E-state index is -3.73. The fourth-order valence-corrected chi connectivity index (χ4v) is 4.73. The molecule has 0 radical (unpaired) electrons. The first-order valence-corrected chi connectivity index (χ1v) is 9.18. The maximum atomic E-state index is 13.3. The molecule has 3 rings (SSSR count). The Morgan fingerprint density at radius 2 is 2.04 bits per heavy atom. The van der Waals surface area contributed by atoms with Crippen LogP contribution in [0.3, 0.4) is 0 Å². The third kappa shape index (κ3) is 3.88. The predicted octanol–water partition coefficient (Wildman–Crippen LogP) is 0.832. The van der Waals surface area contributed by atoms with Gasteiger partial charge in [0.05, 0.1) is 11.4 Å². The predicted molar refractivity (Wildman–Crippen MR) is 90.0 cm³/mol. The second-order valence-electron chi connectivity index (χ2n) is 5.88. The molecule has 1 unspecified atom stereocenters. The molecule has 1 N–H and O–H groups in total. The van der Waals surface area contributed by atoms with Gasteiger partial charge in [0.15, 0.2) is 0 Å². The van der Waals surface area contributed by atoms with E-state index < -0.39 is 15.8 Å². The molecule has 2 aliphatic heterocycles. The minimum Gasteiger partial charge on any atom is -0.336 e. The summed E-state index contributed by atoms with van der Waals surface area (Å²) in [5.41, 5.74) is 0. The third-order valence-corrected chi connectivity index (χ3v) is 6.22. The van der Waals surface area contributed by atoms with Crippen molar-refractivity contribution in [2.24, 2.45) is 0 Å². The lowest BCUT2D eigenvalue weighted by molar-refractivity contribution is -0.135. The molecule has 1 aromatic rings. The van der Waals surface area contributed by atoms with Gasteiger partial charge in [-0.25, -0.2) is 12.8 Å². The van der Waals surface area contributed by atoms with Crippen LogP contribution < -0.4 is 5.32 Å². The molecule has 0 aliphatic carbocycles. The Balaban J connectivity index is 0.00000208. The monoisotopic (exact) mass is 377 g/mol. The first-order chi connectivity index (χ1) is 11.0. The van der Waals surface area contributed by atoms with Gasteiger partial charge in [0.2, 0.25) is 15.9 Å². The highest BCUT2D eigenvalue weighted by Crippen LogP contribution is 2.24. The van der Waals surface area contributed by atoms with E-state index in [1.807, 2.05) is 0 Å². The Labute approximate surface area is 147 Å². The Hall–Kier alpha value is -1.22. The average molecular weight is 378 g/mol. The van der Waals surface area contributed by atoms with E-state index >= 15 is 0 Å². The molecule has 1 atom stereocenters. The highest BCUT2D eigenvalue weighted by atomic mass is 35.5. The Bertz CT molecular complexity index is 701. The van der Waals surface area contributed by atoms with Crippen LogP contribution in [0.1, 0.15) is 12.8 Å². The van der Waals surface area contributed by atoms with Crippen LogP contribution in [-0.4, -0.2) is 62.3 Å². The van der Waals surface area contributed by atoms with Crippen molar-refractivity contribution in [2.45, 2.75) is 23.8 Å². The number of hydrogen-bond acceptors (Lipinski definition) is 4. The first kappa shape index (κ1) is 19.1. The maximum absolute atomic E-state index is 13.3. The molecule has 0 bridgehead atoms. The summed E-state index contributed by atoms with van der Waals surface area (Å²) in [5, 5.41) is 3.01. The Morgan fingerprint density at radius 3 is 2.75 bits per heavy atom. The summed E-state index contributed by atoms with van der Waals surface area (Å²) in [6.45, 7) is 2.28. The molecule has 134 valence electrons. The van der Waals surface area contributed by atoms with Crippen LogP contribution >= 0.6 is 12.4 Å². The number of carbonyl (C=O) groups excluding carboxylic acids is 1. The van der Waals surface area contributed by atoms with E-state index in [0.717, 1.165) is 19.0 Å². The van der Waals surface area contributed by atoms with Crippen molar-refractivity contribution < 1.29 is 17.6 Å². The van der Waals surface area contributed by atoms with E-state index in [2.05, 4.69) is 5.32 Å². The van der Waals surface area contributed by atoms with E-state index in [0.29, 0.717) is 26.1 Å². The number of amides is 1. The number of sulfonamides is 1. The van der Waals surface area contributed by atoms with Crippen LogP contribution in [0.5, 0.6) is 0 Å². The van der Waals surface area contributed by atoms with E-state index in [1.54, 1.807) is 4.90 Å². The molecular weight excluding hydrogens is 357 g/mol. The number of rotatable bonds is 3. The number of benzene rings is 1. The molecule has 1 amide bonds. The number of halogens is 2. The third-order valence-electron chi connectivity index (χ3n) is 4.36. The lowest BCUT2D eigenvalue weighted by Crippen LogP contribution is -2.57. The van der Waals surface area contributed by atoms with Crippen molar-refractivity contribution in [3.8, 4) is 0 Å². The zero-order chi connectivity index (χ0) is 16.4.